The van der Waals surface area contributed by atoms with Crippen molar-refractivity contribution in [2.45, 2.75) is 62.6 Å². The molecule has 2 fully saturated rings. The molecular formula is C14H24ClN3OS2. The molecular weight excluding hydrogens is 326 g/mol. The van der Waals surface area contributed by atoms with E-state index in [1.54, 1.807) is 11.8 Å². The van der Waals surface area contributed by atoms with Crippen LogP contribution >= 0.6 is 35.9 Å². The van der Waals surface area contributed by atoms with Gasteiger partial charge in [-0.1, -0.05) is 37.9 Å². The van der Waals surface area contributed by atoms with Gasteiger partial charge in [0.1, 0.15) is 6.10 Å². The van der Waals surface area contributed by atoms with Gasteiger partial charge in [-0.2, -0.15) is 4.37 Å². The Morgan fingerprint density at radius 3 is 2.86 bits per heavy atom. The van der Waals surface area contributed by atoms with Crippen molar-refractivity contribution in [3.8, 4) is 5.88 Å². The topological polar surface area (TPSA) is 47.0 Å². The maximum absolute atomic E-state index is 6.17. The van der Waals surface area contributed by atoms with Crippen molar-refractivity contribution >= 4 is 35.9 Å². The first kappa shape index (κ1) is 17.3. The van der Waals surface area contributed by atoms with Crippen molar-refractivity contribution in [3.63, 3.8) is 0 Å². The van der Waals surface area contributed by atoms with E-state index in [0.717, 1.165) is 23.2 Å². The van der Waals surface area contributed by atoms with E-state index in [0.29, 0.717) is 18.1 Å². The zero-order chi connectivity index (χ0) is 13.8. The fraction of sp³-hybridized carbons (Fsp3) is 0.857. The Morgan fingerprint density at radius 1 is 1.29 bits per heavy atom. The number of ether oxygens (including phenoxy) is 1. The molecule has 1 saturated heterocycles. The van der Waals surface area contributed by atoms with Gasteiger partial charge in [0, 0.05) is 18.5 Å². The SMILES string of the molecule is CCCCCCSc1nsnc1OC1C2CCC1NC2.Cl. The van der Waals surface area contributed by atoms with Crippen molar-refractivity contribution in [2.24, 2.45) is 5.92 Å². The third-order valence-electron chi connectivity index (χ3n) is 4.27. The molecule has 7 heteroatoms. The molecule has 2 bridgehead atoms. The summed E-state index contributed by atoms with van der Waals surface area (Å²) in [5, 5.41) is 4.53. The Hall–Kier alpha value is -0.0400. The summed E-state index contributed by atoms with van der Waals surface area (Å²) in [6, 6.07) is 0.532. The van der Waals surface area contributed by atoms with Crippen molar-refractivity contribution in [1.82, 2.24) is 14.1 Å². The minimum absolute atomic E-state index is 0. The van der Waals surface area contributed by atoms with Crippen LogP contribution in [0.15, 0.2) is 5.03 Å². The standard InChI is InChI=1S/C14H23N3OS2.ClH/c1-2-3-4-5-8-19-14-13(16-20-17-14)18-12-10-6-7-11(12)15-9-10;/h10-12,15H,2-9H2,1H3;1H. The Labute approximate surface area is 141 Å². The average molecular weight is 350 g/mol. The highest BCUT2D eigenvalue weighted by Crippen LogP contribution is 2.36. The number of hydrogen-bond acceptors (Lipinski definition) is 6. The average Bonchev–Trinajstić information content (AvgIpc) is 3.17. The number of thioether (sulfide) groups is 1. The molecule has 0 aromatic carbocycles. The molecule has 4 nitrogen and oxygen atoms in total. The van der Waals surface area contributed by atoms with Gasteiger partial charge in [0.05, 0.1) is 11.7 Å². The second-order valence-corrected chi connectivity index (χ2v) is 7.33. The molecule has 3 atom stereocenters. The maximum atomic E-state index is 6.17. The first-order valence-corrected chi connectivity index (χ1v) is 9.45. The monoisotopic (exact) mass is 349 g/mol. The van der Waals surface area contributed by atoms with Crippen molar-refractivity contribution < 1.29 is 4.74 Å². The zero-order valence-electron chi connectivity index (χ0n) is 12.4. The van der Waals surface area contributed by atoms with Crippen molar-refractivity contribution in [1.29, 1.82) is 0 Å². The van der Waals surface area contributed by atoms with Crippen LogP contribution in [0.2, 0.25) is 0 Å². The van der Waals surface area contributed by atoms with Crippen LogP contribution in [0.25, 0.3) is 0 Å². The lowest BCUT2D eigenvalue weighted by atomic mass is 10.1. The summed E-state index contributed by atoms with van der Waals surface area (Å²) in [7, 11) is 0. The summed E-state index contributed by atoms with van der Waals surface area (Å²) in [4.78, 5) is 0. The van der Waals surface area contributed by atoms with E-state index >= 15 is 0 Å². The minimum atomic E-state index is 0. The number of piperidine rings is 1. The van der Waals surface area contributed by atoms with E-state index in [9.17, 15) is 0 Å². The number of hydrogen-bond donors (Lipinski definition) is 1. The molecule has 0 spiro atoms. The largest absolute Gasteiger partial charge is 0.470 e. The van der Waals surface area contributed by atoms with Crippen LogP contribution in [-0.4, -0.2) is 33.2 Å². The summed E-state index contributed by atoms with van der Waals surface area (Å²) in [5.74, 6) is 2.57. The first-order valence-electron chi connectivity index (χ1n) is 7.74. The molecule has 2 aliphatic rings. The van der Waals surface area contributed by atoms with E-state index in [2.05, 4.69) is 21.0 Å². The number of aromatic nitrogens is 2. The van der Waals surface area contributed by atoms with Gasteiger partial charge in [-0.15, -0.1) is 16.8 Å². The third kappa shape index (κ3) is 4.24. The molecule has 1 aliphatic carbocycles. The number of fused-ring (bicyclic) bond motifs is 2. The molecule has 0 amide bonds. The molecule has 1 saturated carbocycles. The van der Waals surface area contributed by atoms with Crippen molar-refractivity contribution in [2.75, 3.05) is 12.3 Å². The van der Waals surface area contributed by atoms with Crippen LogP contribution in [-0.2, 0) is 0 Å². The number of nitrogens with one attached hydrogen (secondary N) is 1. The van der Waals surface area contributed by atoms with Crippen LogP contribution in [0.3, 0.4) is 0 Å². The highest BCUT2D eigenvalue weighted by atomic mass is 35.5. The van der Waals surface area contributed by atoms with Crippen LogP contribution in [0.1, 0.15) is 45.4 Å². The summed E-state index contributed by atoms with van der Waals surface area (Å²) in [5.41, 5.74) is 0. The minimum Gasteiger partial charge on any atom is -0.470 e. The van der Waals surface area contributed by atoms with Gasteiger partial charge < -0.3 is 10.1 Å². The highest BCUT2D eigenvalue weighted by Gasteiger charge is 2.43. The lowest BCUT2D eigenvalue weighted by Crippen LogP contribution is -2.31. The molecule has 3 unspecified atom stereocenters. The first-order chi connectivity index (χ1) is 9.88. The number of halogens is 1. The molecule has 21 heavy (non-hydrogen) atoms. The Balaban J connectivity index is 0.00000161. The van der Waals surface area contributed by atoms with Gasteiger partial charge in [0.15, 0.2) is 5.03 Å². The van der Waals surface area contributed by atoms with E-state index in [4.69, 9.17) is 4.74 Å². The molecule has 1 N–H and O–H groups in total. The summed E-state index contributed by atoms with van der Waals surface area (Å²) in [6.45, 7) is 3.35. The van der Waals surface area contributed by atoms with Crippen molar-refractivity contribution in [3.05, 3.63) is 0 Å². The van der Waals surface area contributed by atoms with Gasteiger partial charge in [-0.05, 0) is 25.0 Å². The molecule has 1 aromatic rings. The second kappa shape index (κ2) is 8.56. The van der Waals surface area contributed by atoms with Gasteiger partial charge in [-0.25, -0.2) is 0 Å². The molecule has 2 heterocycles. The maximum Gasteiger partial charge on any atom is 0.260 e. The molecule has 1 aromatic heterocycles. The number of rotatable bonds is 8. The lowest BCUT2D eigenvalue weighted by Gasteiger charge is -2.15. The molecule has 120 valence electrons. The lowest BCUT2D eigenvalue weighted by molar-refractivity contribution is 0.166. The van der Waals surface area contributed by atoms with E-state index in [1.165, 1.54) is 50.3 Å². The van der Waals surface area contributed by atoms with Crippen LogP contribution < -0.4 is 10.1 Å². The highest BCUT2D eigenvalue weighted by molar-refractivity contribution is 7.99. The van der Waals surface area contributed by atoms with Gasteiger partial charge >= 0.3 is 0 Å². The summed E-state index contributed by atoms with van der Waals surface area (Å²) in [6.07, 6.45) is 8.04. The summed E-state index contributed by atoms with van der Waals surface area (Å²) < 4.78 is 14.9. The predicted octanol–water partition coefficient (Wildman–Crippen LogP) is 3.76. The van der Waals surface area contributed by atoms with Crippen LogP contribution in [0.4, 0.5) is 0 Å². The van der Waals surface area contributed by atoms with Gasteiger partial charge in [-0.3, -0.25) is 0 Å². The van der Waals surface area contributed by atoms with Gasteiger partial charge in [0.25, 0.3) is 5.88 Å². The number of unbranched alkanes of at least 4 members (excludes halogenated alkanes) is 3. The smallest absolute Gasteiger partial charge is 0.260 e. The quantitative estimate of drug-likeness (QED) is 0.572. The fourth-order valence-corrected chi connectivity index (χ4v) is 4.65. The Bertz CT molecular complexity index is 412. The Morgan fingerprint density at radius 2 is 2.19 bits per heavy atom. The summed E-state index contributed by atoms with van der Waals surface area (Å²) >= 11 is 3.08. The van der Waals surface area contributed by atoms with Crippen LogP contribution in [0.5, 0.6) is 5.88 Å². The normalized spacial score (nSPS) is 26.8. The molecule has 0 radical (unpaired) electrons. The second-order valence-electron chi connectivity index (χ2n) is 5.72. The Kier molecular flexibility index (Phi) is 7.05. The van der Waals surface area contributed by atoms with E-state index in [-0.39, 0.29) is 12.4 Å². The third-order valence-corrected chi connectivity index (χ3v) is 5.93. The van der Waals surface area contributed by atoms with E-state index in [1.807, 2.05) is 0 Å². The molecule has 1 aliphatic heterocycles. The van der Waals surface area contributed by atoms with Gasteiger partial charge in [0.2, 0.25) is 0 Å². The molecule has 3 rings (SSSR count). The fourth-order valence-electron chi connectivity index (χ4n) is 3.13. The van der Waals surface area contributed by atoms with E-state index < -0.39 is 0 Å². The zero-order valence-corrected chi connectivity index (χ0v) is 14.9. The predicted molar refractivity (Wildman–Crippen MR) is 91.0 cm³/mol. The number of nitrogens with zero attached hydrogens (tertiary/aromatic N) is 2. The van der Waals surface area contributed by atoms with Crippen LogP contribution in [0, 0.1) is 5.92 Å².